The van der Waals surface area contributed by atoms with E-state index in [1.165, 1.54) is 6.08 Å². The second kappa shape index (κ2) is 9.42. The molecule has 0 aliphatic rings. The molecule has 0 spiro atoms. The zero-order valence-electron chi connectivity index (χ0n) is 15.6. The summed E-state index contributed by atoms with van der Waals surface area (Å²) >= 11 is 12.6. The summed E-state index contributed by atoms with van der Waals surface area (Å²) in [6.45, 7) is 2.22. The van der Waals surface area contributed by atoms with Gasteiger partial charge in [0, 0.05) is 32.9 Å². The number of rotatable bonds is 6. The van der Waals surface area contributed by atoms with Gasteiger partial charge >= 0.3 is 5.97 Å². The molecule has 0 aliphatic carbocycles. The van der Waals surface area contributed by atoms with Crippen molar-refractivity contribution < 1.29 is 9.53 Å². The van der Waals surface area contributed by atoms with Gasteiger partial charge in [0.05, 0.1) is 18.8 Å². The highest BCUT2D eigenvalue weighted by atomic mass is 35.5. The van der Waals surface area contributed by atoms with Gasteiger partial charge in [-0.3, -0.25) is 4.68 Å². The maximum atomic E-state index is 12.0. The van der Waals surface area contributed by atoms with Crippen LogP contribution in [-0.2, 0) is 16.1 Å². The molecule has 29 heavy (non-hydrogen) atoms. The number of aromatic nitrogens is 2. The molecule has 0 fully saturated rings. The predicted molar refractivity (Wildman–Crippen MR) is 113 cm³/mol. The Bertz CT molecular complexity index is 1080. The molecule has 2 aromatic carbocycles. The van der Waals surface area contributed by atoms with E-state index in [0.717, 1.165) is 11.1 Å². The number of hydrogen-bond donors (Lipinski definition) is 0. The molecular formula is C22H17Cl2N3O2. The minimum absolute atomic E-state index is 0.0978. The van der Waals surface area contributed by atoms with Crippen LogP contribution in [0, 0.1) is 11.3 Å². The number of carbonyl (C=O) groups excluding carboxylic acids is 1. The number of esters is 1. The fraction of sp³-hybridized carbons (Fsp3) is 0.136. The third kappa shape index (κ3) is 4.86. The number of halogens is 2. The number of carbonyl (C=O) groups is 1. The average molecular weight is 426 g/mol. The number of ether oxygens (including phenoxy) is 1. The van der Waals surface area contributed by atoms with Crippen molar-refractivity contribution in [2.45, 2.75) is 13.5 Å². The zero-order valence-corrected chi connectivity index (χ0v) is 17.1. The maximum absolute atomic E-state index is 12.0. The normalized spacial score (nSPS) is 11.2. The lowest BCUT2D eigenvalue weighted by Gasteiger charge is -2.06. The van der Waals surface area contributed by atoms with Crippen molar-refractivity contribution >= 4 is 35.2 Å². The van der Waals surface area contributed by atoms with Crippen LogP contribution in [0.3, 0.4) is 0 Å². The van der Waals surface area contributed by atoms with Gasteiger partial charge < -0.3 is 4.74 Å². The third-order valence-electron chi connectivity index (χ3n) is 4.13. The molecular weight excluding hydrogens is 409 g/mol. The monoisotopic (exact) mass is 425 g/mol. The van der Waals surface area contributed by atoms with Crippen LogP contribution in [0.25, 0.3) is 17.3 Å². The highest BCUT2D eigenvalue weighted by Crippen LogP contribution is 2.28. The van der Waals surface area contributed by atoms with Crippen LogP contribution in [0.2, 0.25) is 10.0 Å². The van der Waals surface area contributed by atoms with E-state index in [2.05, 4.69) is 5.10 Å². The largest absolute Gasteiger partial charge is 0.462 e. The highest BCUT2D eigenvalue weighted by molar-refractivity contribution is 6.35. The van der Waals surface area contributed by atoms with E-state index in [1.54, 1.807) is 36.0 Å². The molecule has 0 aliphatic heterocycles. The van der Waals surface area contributed by atoms with Crippen LogP contribution in [0.5, 0.6) is 0 Å². The molecule has 0 atom stereocenters. The number of hydrogen-bond acceptors (Lipinski definition) is 4. The van der Waals surface area contributed by atoms with E-state index >= 15 is 0 Å². The molecule has 0 saturated heterocycles. The molecule has 0 N–H and O–H groups in total. The van der Waals surface area contributed by atoms with E-state index in [4.69, 9.17) is 27.9 Å². The Morgan fingerprint density at radius 1 is 1.17 bits per heavy atom. The average Bonchev–Trinajstić information content (AvgIpc) is 3.12. The summed E-state index contributed by atoms with van der Waals surface area (Å²) in [5.41, 5.74) is 2.73. The smallest absolute Gasteiger partial charge is 0.348 e. The molecule has 0 bridgehead atoms. The Balaban J connectivity index is 2.07. The molecule has 3 aromatic rings. The van der Waals surface area contributed by atoms with E-state index in [9.17, 15) is 10.1 Å². The van der Waals surface area contributed by atoms with Crippen LogP contribution in [0.1, 0.15) is 18.1 Å². The number of nitriles is 1. The second-order valence-electron chi connectivity index (χ2n) is 6.09. The first-order valence-corrected chi connectivity index (χ1v) is 9.63. The van der Waals surface area contributed by atoms with E-state index in [1.807, 2.05) is 36.4 Å². The van der Waals surface area contributed by atoms with Crippen molar-refractivity contribution in [1.82, 2.24) is 9.78 Å². The van der Waals surface area contributed by atoms with Gasteiger partial charge in [-0.05, 0) is 25.1 Å². The van der Waals surface area contributed by atoms with Gasteiger partial charge in [0.1, 0.15) is 11.6 Å². The highest BCUT2D eigenvalue weighted by Gasteiger charge is 2.16. The zero-order chi connectivity index (χ0) is 20.8. The van der Waals surface area contributed by atoms with E-state index < -0.39 is 5.97 Å². The van der Waals surface area contributed by atoms with Crippen LogP contribution < -0.4 is 0 Å². The van der Waals surface area contributed by atoms with Gasteiger partial charge in [-0.15, -0.1) is 0 Å². The van der Waals surface area contributed by atoms with E-state index in [0.29, 0.717) is 27.8 Å². The van der Waals surface area contributed by atoms with Gasteiger partial charge in [-0.25, -0.2) is 4.79 Å². The first kappa shape index (κ1) is 20.7. The van der Waals surface area contributed by atoms with Crippen molar-refractivity contribution in [2.75, 3.05) is 6.61 Å². The Hall–Kier alpha value is -3.07. The molecule has 1 heterocycles. The first-order valence-electron chi connectivity index (χ1n) is 8.88. The molecule has 5 nitrogen and oxygen atoms in total. The summed E-state index contributed by atoms with van der Waals surface area (Å²) < 4.78 is 6.64. The Kier molecular flexibility index (Phi) is 6.71. The fourth-order valence-corrected chi connectivity index (χ4v) is 3.31. The van der Waals surface area contributed by atoms with Gasteiger partial charge in [-0.2, -0.15) is 10.4 Å². The molecule has 0 unspecified atom stereocenters. The van der Waals surface area contributed by atoms with Crippen molar-refractivity contribution in [1.29, 1.82) is 5.26 Å². The summed E-state index contributed by atoms with van der Waals surface area (Å²) in [6, 6.07) is 16.7. The molecule has 7 heteroatoms. The van der Waals surface area contributed by atoms with Crippen LogP contribution in [0.15, 0.2) is 60.3 Å². The van der Waals surface area contributed by atoms with E-state index in [-0.39, 0.29) is 12.2 Å². The number of benzene rings is 2. The number of nitrogens with zero attached hydrogens (tertiary/aromatic N) is 3. The van der Waals surface area contributed by atoms with Crippen LogP contribution in [0.4, 0.5) is 0 Å². The quantitative estimate of drug-likeness (QED) is 0.302. The van der Waals surface area contributed by atoms with Crippen molar-refractivity contribution in [3.8, 4) is 17.3 Å². The van der Waals surface area contributed by atoms with Gasteiger partial charge in [0.25, 0.3) is 0 Å². The van der Waals surface area contributed by atoms with Gasteiger partial charge in [0.2, 0.25) is 0 Å². The van der Waals surface area contributed by atoms with Gasteiger partial charge in [0.15, 0.2) is 0 Å². The first-order chi connectivity index (χ1) is 14.0. The van der Waals surface area contributed by atoms with Crippen LogP contribution >= 0.6 is 23.2 Å². The molecule has 146 valence electrons. The summed E-state index contributed by atoms with van der Waals surface area (Å²) in [4.78, 5) is 12.0. The molecule has 1 aromatic heterocycles. The SMILES string of the molecule is CCOC(=O)/C(C#N)=C\c1cn(Cc2c(Cl)cccc2Cl)nc1-c1ccccc1. The van der Waals surface area contributed by atoms with Crippen molar-refractivity contribution in [2.24, 2.45) is 0 Å². The standard InChI is InChI=1S/C22H17Cl2N3O2/c1-2-29-22(28)16(12-25)11-17-13-27(14-18-19(23)9-6-10-20(18)24)26-21(17)15-7-4-3-5-8-15/h3-11,13H,2,14H2,1H3/b16-11-. The van der Waals surface area contributed by atoms with Crippen molar-refractivity contribution in [3.05, 3.63) is 81.5 Å². The van der Waals surface area contributed by atoms with Crippen LogP contribution in [-0.4, -0.2) is 22.4 Å². The molecule has 0 amide bonds. The summed E-state index contributed by atoms with van der Waals surface area (Å²) in [5, 5.41) is 15.1. The lowest BCUT2D eigenvalue weighted by molar-refractivity contribution is -0.137. The van der Waals surface area contributed by atoms with Gasteiger partial charge in [-0.1, -0.05) is 59.6 Å². The minimum Gasteiger partial charge on any atom is -0.462 e. The topological polar surface area (TPSA) is 67.9 Å². The Labute approximate surface area is 178 Å². The Morgan fingerprint density at radius 2 is 1.86 bits per heavy atom. The summed E-state index contributed by atoms with van der Waals surface area (Å²) in [7, 11) is 0. The fourth-order valence-electron chi connectivity index (χ4n) is 2.79. The molecule has 0 radical (unpaired) electrons. The summed E-state index contributed by atoms with van der Waals surface area (Å²) in [6.07, 6.45) is 3.23. The molecule has 3 rings (SSSR count). The predicted octanol–water partition coefficient (Wildman–Crippen LogP) is 5.38. The minimum atomic E-state index is -0.670. The third-order valence-corrected chi connectivity index (χ3v) is 4.84. The lowest BCUT2D eigenvalue weighted by atomic mass is 10.1. The lowest BCUT2D eigenvalue weighted by Crippen LogP contribution is -2.06. The Morgan fingerprint density at radius 3 is 2.48 bits per heavy atom. The van der Waals surface area contributed by atoms with Crippen molar-refractivity contribution in [3.63, 3.8) is 0 Å². The summed E-state index contributed by atoms with van der Waals surface area (Å²) in [5.74, 6) is -0.670. The molecule has 0 saturated carbocycles. The maximum Gasteiger partial charge on any atom is 0.348 e. The second-order valence-corrected chi connectivity index (χ2v) is 6.90.